The molecule has 96 valence electrons. The number of nitrogens with zero attached hydrogens (tertiary/aromatic N) is 1. The third-order valence-electron chi connectivity index (χ3n) is 2.85. The number of amides is 1. The van der Waals surface area contributed by atoms with Gasteiger partial charge in [0.25, 0.3) is 5.91 Å². The summed E-state index contributed by atoms with van der Waals surface area (Å²) in [7, 11) is 1.61. The number of likely N-dealkylation sites (tertiary alicyclic amines) is 1. The largest absolute Gasteiger partial charge is 0.496 e. The van der Waals surface area contributed by atoms with E-state index < -0.39 is 0 Å². The van der Waals surface area contributed by atoms with Gasteiger partial charge in [-0.15, -0.1) is 23.7 Å². The number of nitrogens with two attached hydrogens (primary N) is 1. The molecule has 1 saturated heterocycles. The van der Waals surface area contributed by atoms with Crippen molar-refractivity contribution in [3.63, 3.8) is 0 Å². The molecule has 0 atom stereocenters. The lowest BCUT2D eigenvalue weighted by Crippen LogP contribution is -2.42. The van der Waals surface area contributed by atoms with Crippen LogP contribution in [-0.2, 0) is 0 Å². The van der Waals surface area contributed by atoms with Crippen LogP contribution in [0.2, 0.25) is 0 Å². The zero-order valence-electron chi connectivity index (χ0n) is 9.72. The first-order valence-electron chi connectivity index (χ1n) is 5.38. The maximum atomic E-state index is 12.1. The number of hydrogen-bond acceptors (Lipinski definition) is 4. The Balaban J connectivity index is 0.00000144. The minimum absolute atomic E-state index is 0. The summed E-state index contributed by atoms with van der Waals surface area (Å²) in [6, 6.07) is 2.04. The quantitative estimate of drug-likeness (QED) is 0.895. The highest BCUT2D eigenvalue weighted by atomic mass is 35.5. The number of halogens is 1. The Kier molecular flexibility index (Phi) is 5.24. The third kappa shape index (κ3) is 3.34. The van der Waals surface area contributed by atoms with Crippen LogP contribution in [0.15, 0.2) is 11.4 Å². The van der Waals surface area contributed by atoms with Gasteiger partial charge in [-0.25, -0.2) is 0 Å². The smallest absolute Gasteiger partial charge is 0.264 e. The van der Waals surface area contributed by atoms with E-state index in [1.165, 1.54) is 11.3 Å². The number of rotatable bonds is 2. The highest BCUT2D eigenvalue weighted by Gasteiger charge is 2.22. The highest BCUT2D eigenvalue weighted by Crippen LogP contribution is 2.23. The van der Waals surface area contributed by atoms with E-state index in [0.717, 1.165) is 36.6 Å². The Bertz CT molecular complexity index is 375. The van der Waals surface area contributed by atoms with Gasteiger partial charge in [0.15, 0.2) is 0 Å². The number of thiophene rings is 1. The van der Waals surface area contributed by atoms with Crippen molar-refractivity contribution in [2.24, 2.45) is 5.73 Å². The van der Waals surface area contributed by atoms with E-state index in [4.69, 9.17) is 10.5 Å². The summed E-state index contributed by atoms with van der Waals surface area (Å²) in [5.74, 6) is 0.849. The van der Waals surface area contributed by atoms with Crippen molar-refractivity contribution in [3.05, 3.63) is 16.3 Å². The molecule has 0 bridgehead atoms. The van der Waals surface area contributed by atoms with Crippen LogP contribution in [0.4, 0.5) is 0 Å². The SMILES string of the molecule is COc1csc(C(=O)N2CCC(N)CC2)c1.Cl. The molecule has 2 N–H and O–H groups in total. The molecule has 1 amide bonds. The fourth-order valence-corrected chi connectivity index (χ4v) is 2.62. The first-order chi connectivity index (χ1) is 7.70. The molecule has 1 aliphatic rings. The summed E-state index contributed by atoms with van der Waals surface area (Å²) in [6.45, 7) is 1.53. The molecule has 1 aromatic rings. The molecular weight excluding hydrogens is 260 g/mol. The van der Waals surface area contributed by atoms with Crippen molar-refractivity contribution < 1.29 is 9.53 Å². The Morgan fingerprint density at radius 1 is 1.53 bits per heavy atom. The molecule has 17 heavy (non-hydrogen) atoms. The summed E-state index contributed by atoms with van der Waals surface area (Å²) < 4.78 is 5.07. The Hall–Kier alpha value is -0.780. The van der Waals surface area contributed by atoms with Crippen molar-refractivity contribution >= 4 is 29.7 Å². The average Bonchev–Trinajstić information content (AvgIpc) is 2.77. The number of piperidine rings is 1. The Morgan fingerprint density at radius 3 is 2.71 bits per heavy atom. The zero-order valence-corrected chi connectivity index (χ0v) is 11.4. The normalized spacial score (nSPS) is 16.5. The monoisotopic (exact) mass is 276 g/mol. The van der Waals surface area contributed by atoms with Crippen LogP contribution in [0.5, 0.6) is 5.75 Å². The van der Waals surface area contributed by atoms with Gasteiger partial charge >= 0.3 is 0 Å². The lowest BCUT2D eigenvalue weighted by molar-refractivity contribution is 0.0719. The maximum Gasteiger partial charge on any atom is 0.264 e. The second-order valence-corrected chi connectivity index (χ2v) is 4.89. The lowest BCUT2D eigenvalue weighted by Gasteiger charge is -2.29. The predicted octanol–water partition coefficient (Wildman–Crippen LogP) is 1.74. The number of carbonyl (C=O) groups is 1. The van der Waals surface area contributed by atoms with Gasteiger partial charge < -0.3 is 15.4 Å². The first kappa shape index (κ1) is 14.3. The molecule has 0 saturated carbocycles. The number of methoxy groups -OCH3 is 1. The molecule has 0 unspecified atom stereocenters. The topological polar surface area (TPSA) is 55.6 Å². The van der Waals surface area contributed by atoms with E-state index >= 15 is 0 Å². The Morgan fingerprint density at radius 2 is 2.18 bits per heavy atom. The molecule has 1 aliphatic heterocycles. The fourth-order valence-electron chi connectivity index (χ4n) is 1.80. The molecule has 0 aromatic carbocycles. The zero-order chi connectivity index (χ0) is 11.5. The summed E-state index contributed by atoms with van der Waals surface area (Å²) >= 11 is 1.43. The molecule has 0 spiro atoms. The summed E-state index contributed by atoms with van der Waals surface area (Å²) in [4.78, 5) is 14.7. The van der Waals surface area contributed by atoms with Crippen molar-refractivity contribution in [1.82, 2.24) is 4.90 Å². The van der Waals surface area contributed by atoms with Crippen LogP contribution in [-0.4, -0.2) is 37.0 Å². The van der Waals surface area contributed by atoms with Gasteiger partial charge in [0.2, 0.25) is 0 Å². The third-order valence-corrected chi connectivity index (χ3v) is 3.75. The van der Waals surface area contributed by atoms with Gasteiger partial charge in [-0.2, -0.15) is 0 Å². The van der Waals surface area contributed by atoms with E-state index in [0.29, 0.717) is 0 Å². The summed E-state index contributed by atoms with van der Waals surface area (Å²) in [6.07, 6.45) is 1.79. The fraction of sp³-hybridized carbons (Fsp3) is 0.545. The molecule has 4 nitrogen and oxygen atoms in total. The highest BCUT2D eigenvalue weighted by molar-refractivity contribution is 7.12. The van der Waals surface area contributed by atoms with Gasteiger partial charge in [-0.3, -0.25) is 4.79 Å². The van der Waals surface area contributed by atoms with Gasteiger partial charge in [0.05, 0.1) is 12.0 Å². The van der Waals surface area contributed by atoms with Gasteiger partial charge in [0, 0.05) is 30.6 Å². The van der Waals surface area contributed by atoms with Crippen molar-refractivity contribution in [1.29, 1.82) is 0 Å². The van der Waals surface area contributed by atoms with Crippen LogP contribution in [0, 0.1) is 0 Å². The minimum atomic E-state index is 0. The molecule has 1 aromatic heterocycles. The molecule has 0 radical (unpaired) electrons. The molecule has 2 rings (SSSR count). The summed E-state index contributed by atoms with van der Waals surface area (Å²) in [5.41, 5.74) is 5.81. The Labute approximate surface area is 111 Å². The number of hydrogen-bond donors (Lipinski definition) is 1. The number of ether oxygens (including phenoxy) is 1. The lowest BCUT2D eigenvalue weighted by atomic mass is 10.1. The van der Waals surface area contributed by atoms with Gasteiger partial charge in [0.1, 0.15) is 5.75 Å². The van der Waals surface area contributed by atoms with Crippen LogP contribution >= 0.6 is 23.7 Å². The molecule has 2 heterocycles. The van der Waals surface area contributed by atoms with Crippen molar-refractivity contribution in [3.8, 4) is 5.75 Å². The van der Waals surface area contributed by atoms with E-state index in [1.54, 1.807) is 13.2 Å². The van der Waals surface area contributed by atoms with Gasteiger partial charge in [-0.05, 0) is 12.8 Å². The van der Waals surface area contributed by atoms with E-state index in [-0.39, 0.29) is 24.4 Å². The van der Waals surface area contributed by atoms with Crippen molar-refractivity contribution in [2.45, 2.75) is 18.9 Å². The van der Waals surface area contributed by atoms with Crippen LogP contribution < -0.4 is 10.5 Å². The molecule has 1 fully saturated rings. The molecular formula is C11H17ClN2O2S. The van der Waals surface area contributed by atoms with E-state index in [2.05, 4.69) is 0 Å². The molecule has 0 aliphatic carbocycles. The standard InChI is InChI=1S/C11H16N2O2S.ClH/c1-15-9-6-10(16-7-9)11(14)13-4-2-8(12)3-5-13;/h6-8H,2-5,12H2,1H3;1H. The second kappa shape index (κ2) is 6.23. The predicted molar refractivity (Wildman–Crippen MR) is 71.2 cm³/mol. The summed E-state index contributed by atoms with van der Waals surface area (Å²) in [5, 5.41) is 1.85. The maximum absolute atomic E-state index is 12.1. The van der Waals surface area contributed by atoms with Crippen molar-refractivity contribution in [2.75, 3.05) is 20.2 Å². The number of carbonyl (C=O) groups excluding carboxylic acids is 1. The second-order valence-electron chi connectivity index (χ2n) is 3.98. The van der Waals surface area contributed by atoms with E-state index in [1.807, 2.05) is 10.3 Å². The minimum Gasteiger partial charge on any atom is -0.496 e. The van der Waals surface area contributed by atoms with Crippen LogP contribution in [0.25, 0.3) is 0 Å². The first-order valence-corrected chi connectivity index (χ1v) is 6.26. The van der Waals surface area contributed by atoms with Crippen LogP contribution in [0.3, 0.4) is 0 Å². The molecule has 6 heteroatoms. The average molecular weight is 277 g/mol. The van der Waals surface area contributed by atoms with E-state index in [9.17, 15) is 4.79 Å². The van der Waals surface area contributed by atoms with Gasteiger partial charge in [-0.1, -0.05) is 0 Å². The van der Waals surface area contributed by atoms with Crippen LogP contribution in [0.1, 0.15) is 22.5 Å².